The van der Waals surface area contributed by atoms with Gasteiger partial charge in [-0.25, -0.2) is 9.10 Å². The van der Waals surface area contributed by atoms with E-state index in [-0.39, 0.29) is 5.91 Å². The zero-order chi connectivity index (χ0) is 26.3. The number of rotatable bonds is 7. The van der Waals surface area contributed by atoms with Gasteiger partial charge in [0.05, 0.1) is 5.92 Å². The van der Waals surface area contributed by atoms with Crippen molar-refractivity contribution in [1.29, 1.82) is 0 Å². The molecule has 3 aromatic rings. The summed E-state index contributed by atoms with van der Waals surface area (Å²) in [6.45, 7) is 1.37. The second-order valence-corrected chi connectivity index (χ2v) is 10.5. The molecule has 0 aliphatic heterocycles. The van der Waals surface area contributed by atoms with E-state index in [2.05, 4.69) is 28.8 Å². The van der Waals surface area contributed by atoms with Crippen LogP contribution in [0.15, 0.2) is 84.9 Å². The summed E-state index contributed by atoms with van der Waals surface area (Å²) in [6, 6.07) is 23.9. The number of carbonyl (C=O) groups excluding carboxylic acids is 3. The Morgan fingerprint density at radius 1 is 0.806 bits per heavy atom. The van der Waals surface area contributed by atoms with Crippen molar-refractivity contribution < 1.29 is 14.4 Å². The Morgan fingerprint density at radius 2 is 1.31 bits per heavy atom. The summed E-state index contributed by atoms with van der Waals surface area (Å²) >= 11 is 22.7. The lowest BCUT2D eigenvalue weighted by Crippen LogP contribution is -2.55. The third-order valence-corrected chi connectivity index (χ3v) is 6.04. The van der Waals surface area contributed by atoms with Gasteiger partial charge in [0, 0.05) is 18.3 Å². The van der Waals surface area contributed by atoms with Gasteiger partial charge in [-0.3, -0.25) is 9.59 Å². The van der Waals surface area contributed by atoms with E-state index in [1.165, 1.54) is 6.92 Å². The summed E-state index contributed by atoms with van der Waals surface area (Å²) in [7, 11) is 0. The lowest BCUT2D eigenvalue weighted by atomic mass is 9.90. The molecule has 7 nitrogen and oxygen atoms in total. The Bertz CT molecular complexity index is 1170. The SMILES string of the molecule is CC(=O)Nc1cccc(NC(=O)N(S)C(NC(=O)C(c2ccccc2)c2ccccc2)C(Cl)(Cl)Cl)c1. The summed E-state index contributed by atoms with van der Waals surface area (Å²) in [4.78, 5) is 37.8. The zero-order valence-corrected chi connectivity index (χ0v) is 22.2. The van der Waals surface area contributed by atoms with Gasteiger partial charge in [-0.1, -0.05) is 114 Å². The number of amides is 4. The van der Waals surface area contributed by atoms with E-state index in [9.17, 15) is 14.4 Å². The minimum Gasteiger partial charge on any atom is -0.331 e. The Morgan fingerprint density at radius 3 is 1.78 bits per heavy atom. The highest BCUT2D eigenvalue weighted by molar-refractivity contribution is 7.78. The van der Waals surface area contributed by atoms with Crippen LogP contribution in [-0.4, -0.2) is 32.1 Å². The molecule has 1 unspecified atom stereocenters. The second kappa shape index (κ2) is 12.4. The van der Waals surface area contributed by atoms with Crippen LogP contribution in [0.3, 0.4) is 0 Å². The number of thiol groups is 1. The molecule has 0 heterocycles. The summed E-state index contributed by atoms with van der Waals surface area (Å²) in [5, 5.41) is 7.88. The van der Waals surface area contributed by atoms with Crippen LogP contribution >= 0.6 is 47.6 Å². The van der Waals surface area contributed by atoms with Crippen LogP contribution in [0.4, 0.5) is 16.2 Å². The molecule has 0 bridgehead atoms. The lowest BCUT2D eigenvalue weighted by molar-refractivity contribution is -0.123. The molecular weight excluding hydrogens is 543 g/mol. The third-order valence-electron chi connectivity index (χ3n) is 5.00. The fourth-order valence-corrected chi connectivity index (χ4v) is 4.40. The highest BCUT2D eigenvalue weighted by Crippen LogP contribution is 2.34. The maximum atomic E-state index is 13.5. The molecule has 0 aromatic heterocycles. The molecule has 11 heteroatoms. The maximum absolute atomic E-state index is 13.5. The van der Waals surface area contributed by atoms with Crippen LogP contribution in [-0.2, 0) is 9.59 Å². The number of halogens is 3. The van der Waals surface area contributed by atoms with Gasteiger partial charge in [0.15, 0.2) is 6.17 Å². The average molecular weight is 566 g/mol. The van der Waals surface area contributed by atoms with E-state index >= 15 is 0 Å². The minimum atomic E-state index is -2.12. The van der Waals surface area contributed by atoms with Gasteiger partial charge in [0.1, 0.15) is 0 Å². The standard InChI is InChI=1S/C25H23Cl3N4O3S/c1-16(33)29-19-13-8-14-20(15-19)30-24(35)32(36)23(25(26,27)28)31-22(34)21(17-9-4-2-5-10-17)18-11-6-3-7-12-18/h2-15,21,23,36H,1H3,(H,29,33)(H,30,35)(H,31,34). The number of urea groups is 1. The molecule has 0 aliphatic rings. The molecule has 0 spiro atoms. The molecule has 3 rings (SSSR count). The van der Waals surface area contributed by atoms with Crippen LogP contribution in [0.5, 0.6) is 0 Å². The predicted octanol–water partition coefficient (Wildman–Crippen LogP) is 5.97. The van der Waals surface area contributed by atoms with E-state index in [4.69, 9.17) is 34.8 Å². The van der Waals surface area contributed by atoms with Gasteiger partial charge >= 0.3 is 6.03 Å². The van der Waals surface area contributed by atoms with Crippen LogP contribution in [0.1, 0.15) is 24.0 Å². The quantitative estimate of drug-likeness (QED) is 0.162. The van der Waals surface area contributed by atoms with Crippen LogP contribution in [0.2, 0.25) is 0 Å². The molecule has 0 fully saturated rings. The van der Waals surface area contributed by atoms with Crippen molar-refractivity contribution >= 4 is 76.8 Å². The van der Waals surface area contributed by atoms with Crippen molar-refractivity contribution in [2.75, 3.05) is 10.6 Å². The van der Waals surface area contributed by atoms with Crippen molar-refractivity contribution in [3.8, 4) is 0 Å². The fraction of sp³-hybridized carbons (Fsp3) is 0.160. The van der Waals surface area contributed by atoms with Crippen LogP contribution in [0, 0.1) is 0 Å². The number of nitrogens with one attached hydrogen (secondary N) is 3. The van der Waals surface area contributed by atoms with Crippen molar-refractivity contribution in [2.45, 2.75) is 22.8 Å². The third kappa shape index (κ3) is 7.54. The molecule has 36 heavy (non-hydrogen) atoms. The van der Waals surface area contributed by atoms with Gasteiger partial charge in [-0.05, 0) is 29.3 Å². The zero-order valence-electron chi connectivity index (χ0n) is 19.0. The first kappa shape index (κ1) is 27.7. The molecule has 3 N–H and O–H groups in total. The van der Waals surface area contributed by atoms with E-state index in [0.29, 0.717) is 22.5 Å². The van der Waals surface area contributed by atoms with Gasteiger partial charge in [0.2, 0.25) is 15.6 Å². The summed E-state index contributed by atoms with van der Waals surface area (Å²) in [6.07, 6.45) is -1.44. The number of carbonyl (C=O) groups is 3. The Kier molecular flexibility index (Phi) is 9.50. The minimum absolute atomic E-state index is 0.264. The normalized spacial score (nSPS) is 11.9. The van der Waals surface area contributed by atoms with Gasteiger partial charge in [0.25, 0.3) is 0 Å². The number of benzene rings is 3. The fourth-order valence-electron chi connectivity index (χ4n) is 3.46. The molecule has 1 atom stereocenters. The van der Waals surface area contributed by atoms with Crippen molar-refractivity contribution in [1.82, 2.24) is 9.62 Å². The summed E-state index contributed by atoms with van der Waals surface area (Å²) in [5.41, 5.74) is 2.26. The smallest absolute Gasteiger partial charge is 0.331 e. The predicted molar refractivity (Wildman–Crippen MR) is 148 cm³/mol. The molecule has 3 aromatic carbocycles. The van der Waals surface area contributed by atoms with Crippen LogP contribution < -0.4 is 16.0 Å². The lowest BCUT2D eigenvalue weighted by Gasteiger charge is -2.33. The monoisotopic (exact) mass is 564 g/mol. The topological polar surface area (TPSA) is 90.5 Å². The first-order valence-corrected chi connectivity index (χ1v) is 12.2. The highest BCUT2D eigenvalue weighted by atomic mass is 35.6. The van der Waals surface area contributed by atoms with E-state index in [0.717, 1.165) is 4.31 Å². The van der Waals surface area contributed by atoms with Gasteiger partial charge in [-0.2, -0.15) is 0 Å². The molecule has 0 saturated carbocycles. The Labute approximate surface area is 229 Å². The van der Waals surface area contributed by atoms with Crippen LogP contribution in [0.25, 0.3) is 0 Å². The first-order chi connectivity index (χ1) is 17.1. The molecule has 4 amide bonds. The number of hydrogen-bond donors (Lipinski definition) is 4. The van der Waals surface area contributed by atoms with Crippen molar-refractivity contribution in [3.63, 3.8) is 0 Å². The van der Waals surface area contributed by atoms with Crippen molar-refractivity contribution in [2.24, 2.45) is 0 Å². The highest BCUT2D eigenvalue weighted by Gasteiger charge is 2.41. The first-order valence-electron chi connectivity index (χ1n) is 10.7. The van der Waals surface area contributed by atoms with E-state index in [1.54, 1.807) is 24.3 Å². The molecule has 0 saturated heterocycles. The van der Waals surface area contributed by atoms with E-state index < -0.39 is 27.8 Å². The average Bonchev–Trinajstić information content (AvgIpc) is 2.83. The maximum Gasteiger partial charge on any atom is 0.333 e. The number of anilines is 2. The number of hydrogen-bond acceptors (Lipinski definition) is 4. The Hall–Kier alpha value is -2.91. The van der Waals surface area contributed by atoms with E-state index in [1.807, 2.05) is 60.7 Å². The molecule has 188 valence electrons. The van der Waals surface area contributed by atoms with Gasteiger partial charge in [-0.15, -0.1) is 0 Å². The largest absolute Gasteiger partial charge is 0.333 e. The number of alkyl halides is 3. The second-order valence-electron chi connectivity index (χ2n) is 7.74. The van der Waals surface area contributed by atoms with Crippen molar-refractivity contribution in [3.05, 3.63) is 96.1 Å². The summed E-state index contributed by atoms with van der Waals surface area (Å²) in [5.74, 6) is -1.50. The summed E-state index contributed by atoms with van der Waals surface area (Å²) < 4.78 is -1.33. The van der Waals surface area contributed by atoms with Gasteiger partial charge < -0.3 is 16.0 Å². The molecule has 0 radical (unpaired) electrons. The molecular formula is C25H23Cl3N4O3S. The Balaban J connectivity index is 1.83. The number of nitrogens with zero attached hydrogens (tertiary/aromatic N) is 1. The molecule has 0 aliphatic carbocycles.